The molecule has 0 atom stereocenters. The molecule has 6 nitrogen and oxygen atoms in total. The predicted molar refractivity (Wildman–Crippen MR) is 133 cm³/mol. The lowest BCUT2D eigenvalue weighted by molar-refractivity contribution is -0.138. The van der Waals surface area contributed by atoms with Gasteiger partial charge >= 0.3 is 18.4 Å². The summed E-state index contributed by atoms with van der Waals surface area (Å²) >= 11 is 0. The molecule has 40 heavy (non-hydrogen) atoms. The van der Waals surface area contributed by atoms with E-state index in [1.807, 2.05) is 0 Å². The van der Waals surface area contributed by atoms with Crippen LogP contribution in [-0.4, -0.2) is 27.5 Å². The van der Waals surface area contributed by atoms with Gasteiger partial charge in [-0.3, -0.25) is 0 Å². The van der Waals surface area contributed by atoms with E-state index in [2.05, 4.69) is 15.5 Å². The van der Waals surface area contributed by atoms with Crippen LogP contribution in [0.15, 0.2) is 48.5 Å². The highest BCUT2D eigenvalue weighted by atomic mass is 19.4. The van der Waals surface area contributed by atoms with E-state index < -0.39 is 29.6 Å². The van der Waals surface area contributed by atoms with Crippen LogP contribution in [0.4, 0.5) is 31.1 Å². The molecule has 0 radical (unpaired) electrons. The van der Waals surface area contributed by atoms with E-state index in [4.69, 9.17) is 4.74 Å². The summed E-state index contributed by atoms with van der Waals surface area (Å²) in [6.07, 6.45) is -5.53. The number of hydrogen-bond donors (Lipinski definition) is 1. The summed E-state index contributed by atoms with van der Waals surface area (Å²) < 4.78 is 87.5. The van der Waals surface area contributed by atoms with Gasteiger partial charge in [0.1, 0.15) is 5.82 Å². The van der Waals surface area contributed by atoms with Crippen molar-refractivity contribution in [2.24, 2.45) is 12.5 Å². The highest BCUT2D eigenvalue weighted by molar-refractivity contribution is 5.67. The zero-order valence-electron chi connectivity index (χ0n) is 21.7. The van der Waals surface area contributed by atoms with Crippen molar-refractivity contribution in [2.75, 3.05) is 6.61 Å². The van der Waals surface area contributed by atoms with Crippen LogP contribution in [0.1, 0.15) is 61.0 Å². The first kappa shape index (κ1) is 28.0. The van der Waals surface area contributed by atoms with Crippen LogP contribution in [0.3, 0.4) is 0 Å². The minimum Gasteiger partial charge on any atom is -0.449 e. The van der Waals surface area contributed by atoms with Gasteiger partial charge < -0.3 is 14.6 Å². The smallest absolute Gasteiger partial charge is 0.417 e. The molecule has 1 amide bonds. The van der Waals surface area contributed by atoms with Crippen LogP contribution < -0.4 is 5.32 Å². The van der Waals surface area contributed by atoms with Crippen molar-refractivity contribution < 1.29 is 35.9 Å². The van der Waals surface area contributed by atoms with Crippen molar-refractivity contribution in [1.29, 1.82) is 0 Å². The maximum Gasteiger partial charge on any atom is 0.417 e. The van der Waals surface area contributed by atoms with Crippen LogP contribution in [0.2, 0.25) is 0 Å². The maximum absolute atomic E-state index is 13.6. The first-order valence-electron chi connectivity index (χ1n) is 13.0. The van der Waals surface area contributed by atoms with E-state index in [0.29, 0.717) is 25.1 Å². The lowest BCUT2D eigenvalue weighted by Gasteiger charge is -2.52. The number of rotatable bonds is 6. The molecule has 3 aliphatic rings. The molecule has 1 heterocycles. The van der Waals surface area contributed by atoms with Gasteiger partial charge in [0.2, 0.25) is 0 Å². The number of nitrogens with one attached hydrogen (secondary N) is 1. The molecule has 3 aromatic rings. The van der Waals surface area contributed by atoms with E-state index in [-0.39, 0.29) is 40.9 Å². The van der Waals surface area contributed by atoms with Crippen molar-refractivity contribution in [2.45, 2.75) is 62.8 Å². The summed E-state index contributed by atoms with van der Waals surface area (Å²) in [5.41, 5.74) is -2.24. The minimum atomic E-state index is -4.52. The summed E-state index contributed by atoms with van der Waals surface area (Å²) in [5.74, 6) is 0.807. The number of nitrogens with zero attached hydrogens (tertiary/aromatic N) is 3. The second-order valence-electron chi connectivity index (χ2n) is 10.8. The summed E-state index contributed by atoms with van der Waals surface area (Å²) in [7, 11) is 1.69. The Labute approximate surface area is 226 Å². The number of alkyl halides is 6. The van der Waals surface area contributed by atoms with Gasteiger partial charge in [-0.05, 0) is 56.2 Å². The Morgan fingerprint density at radius 1 is 0.875 bits per heavy atom. The van der Waals surface area contributed by atoms with Crippen LogP contribution in [0.25, 0.3) is 11.4 Å². The zero-order valence-corrected chi connectivity index (χ0v) is 21.7. The fourth-order valence-corrected chi connectivity index (χ4v) is 6.15. The first-order chi connectivity index (χ1) is 18.8. The summed E-state index contributed by atoms with van der Waals surface area (Å²) in [6, 6.07) is 10.3. The lowest BCUT2D eigenvalue weighted by atomic mass is 9.53. The van der Waals surface area contributed by atoms with Crippen molar-refractivity contribution in [3.05, 3.63) is 71.0 Å². The molecule has 0 saturated heterocycles. The van der Waals surface area contributed by atoms with Gasteiger partial charge in [-0.2, -0.15) is 26.3 Å². The molecule has 2 bridgehead atoms. The summed E-state index contributed by atoms with van der Waals surface area (Å²) in [5, 5.41) is 10.9. The summed E-state index contributed by atoms with van der Waals surface area (Å²) in [4.78, 5) is 12.3. The molecular formula is C28H28F6N4O2. The second-order valence-corrected chi connectivity index (χ2v) is 10.8. The number of halogens is 6. The molecule has 214 valence electrons. The highest BCUT2D eigenvalue weighted by Crippen LogP contribution is 2.57. The monoisotopic (exact) mass is 566 g/mol. The Kier molecular flexibility index (Phi) is 7.08. The third-order valence-electron chi connectivity index (χ3n) is 8.48. The molecule has 1 aromatic heterocycles. The Balaban J connectivity index is 1.22. The number of amides is 1. The number of aromatic nitrogens is 3. The van der Waals surface area contributed by atoms with Crippen LogP contribution in [-0.2, 0) is 36.1 Å². The molecule has 3 saturated carbocycles. The molecule has 0 aliphatic heterocycles. The number of benzene rings is 2. The fraction of sp³-hybridized carbons (Fsp3) is 0.464. The third-order valence-corrected chi connectivity index (χ3v) is 8.48. The molecule has 0 spiro atoms. The Morgan fingerprint density at radius 3 is 2.08 bits per heavy atom. The van der Waals surface area contributed by atoms with Gasteiger partial charge in [-0.15, -0.1) is 10.2 Å². The molecule has 3 aliphatic carbocycles. The average molecular weight is 567 g/mol. The van der Waals surface area contributed by atoms with E-state index in [1.54, 1.807) is 11.6 Å². The van der Waals surface area contributed by atoms with Gasteiger partial charge in [0.15, 0.2) is 5.82 Å². The quantitative estimate of drug-likeness (QED) is 0.325. The van der Waals surface area contributed by atoms with E-state index in [0.717, 1.165) is 31.4 Å². The minimum absolute atomic E-state index is 0.0223. The Hall–Kier alpha value is -3.57. The Bertz CT molecular complexity index is 1370. The predicted octanol–water partition coefficient (Wildman–Crippen LogP) is 7.04. The standard InChI is InChI=1S/C28H28F6N4O2/c1-38-22(19-7-3-5-9-21(19)28(32,33)34)36-37-23(38)26-13-10-25(11-14-26,12-15-26)17-40-24(39)35-16-18-6-2-4-8-20(18)27(29,30)31/h2-9H,10-17H2,1H3,(H,35,39). The van der Waals surface area contributed by atoms with Gasteiger partial charge in [0, 0.05) is 30.0 Å². The van der Waals surface area contributed by atoms with Crippen molar-refractivity contribution in [3.63, 3.8) is 0 Å². The lowest BCUT2D eigenvalue weighted by Crippen LogP contribution is -2.48. The van der Waals surface area contributed by atoms with Crippen LogP contribution in [0.5, 0.6) is 0 Å². The van der Waals surface area contributed by atoms with Gasteiger partial charge in [-0.25, -0.2) is 4.79 Å². The fourth-order valence-electron chi connectivity index (χ4n) is 6.15. The zero-order chi connectivity index (χ0) is 28.8. The molecule has 3 fully saturated rings. The maximum atomic E-state index is 13.6. The third kappa shape index (κ3) is 5.27. The SMILES string of the molecule is Cn1c(-c2ccccc2C(F)(F)F)nnc1C12CCC(COC(=O)NCc3ccccc3C(F)(F)F)(CC1)CC2. The van der Waals surface area contributed by atoms with Gasteiger partial charge in [0.05, 0.1) is 17.7 Å². The molecule has 1 N–H and O–H groups in total. The molecule has 12 heteroatoms. The summed E-state index contributed by atoms with van der Waals surface area (Å²) in [6.45, 7) is -0.171. The molecular weight excluding hydrogens is 538 g/mol. The van der Waals surface area contributed by atoms with Gasteiger partial charge in [-0.1, -0.05) is 36.4 Å². The number of ether oxygens (including phenoxy) is 1. The van der Waals surface area contributed by atoms with Crippen LogP contribution >= 0.6 is 0 Å². The van der Waals surface area contributed by atoms with E-state index in [1.165, 1.54) is 36.4 Å². The number of carbonyl (C=O) groups excluding carboxylic acids is 1. The first-order valence-corrected chi connectivity index (χ1v) is 13.0. The van der Waals surface area contributed by atoms with Crippen LogP contribution in [0, 0.1) is 5.41 Å². The highest BCUT2D eigenvalue weighted by Gasteiger charge is 2.52. The molecule has 0 unspecified atom stereocenters. The molecule has 2 aromatic carbocycles. The Morgan fingerprint density at radius 2 is 1.45 bits per heavy atom. The van der Waals surface area contributed by atoms with Crippen molar-refractivity contribution in [3.8, 4) is 11.4 Å². The second kappa shape index (κ2) is 10.1. The molecule has 6 rings (SSSR count). The number of alkyl carbamates (subject to hydrolysis) is 1. The normalized spacial score (nSPS) is 22.8. The van der Waals surface area contributed by atoms with Gasteiger partial charge in [0.25, 0.3) is 0 Å². The van der Waals surface area contributed by atoms with Crippen molar-refractivity contribution >= 4 is 6.09 Å². The van der Waals surface area contributed by atoms with Crippen molar-refractivity contribution in [1.82, 2.24) is 20.1 Å². The number of carbonyl (C=O) groups is 1. The van der Waals surface area contributed by atoms with E-state index in [9.17, 15) is 31.1 Å². The average Bonchev–Trinajstić information content (AvgIpc) is 3.33. The van der Waals surface area contributed by atoms with E-state index >= 15 is 0 Å². The number of hydrogen-bond acceptors (Lipinski definition) is 4. The number of fused-ring (bicyclic) bond motifs is 3. The largest absolute Gasteiger partial charge is 0.449 e. The topological polar surface area (TPSA) is 69.0 Å².